The summed E-state index contributed by atoms with van der Waals surface area (Å²) in [6, 6.07) is 2.75. The molecular formula is C22H32FN6O3PS2. The van der Waals surface area contributed by atoms with Gasteiger partial charge >= 0.3 is 0 Å². The molecule has 0 aliphatic carbocycles. The van der Waals surface area contributed by atoms with E-state index in [9.17, 15) is 14.6 Å². The lowest BCUT2D eigenvalue weighted by atomic mass is 10.0. The second-order valence-electron chi connectivity index (χ2n) is 8.60. The van der Waals surface area contributed by atoms with Gasteiger partial charge in [-0.2, -0.15) is 4.98 Å². The van der Waals surface area contributed by atoms with Gasteiger partial charge in [-0.15, -0.1) is 0 Å². The van der Waals surface area contributed by atoms with Crippen molar-refractivity contribution in [3.05, 3.63) is 29.8 Å². The lowest BCUT2D eigenvalue weighted by molar-refractivity contribution is 0.0715. The SMILES string of the molecule is CC(C)CC(CO)Nc1nc(SC(C)c2ncccc2F)nc2nc(NPOC(C)C(C)O)sc12. The van der Waals surface area contributed by atoms with Crippen molar-refractivity contribution in [3.63, 3.8) is 0 Å². The number of aliphatic hydroxyl groups is 2. The Balaban J connectivity index is 1.88. The first-order chi connectivity index (χ1) is 16.7. The fraction of sp³-hybridized carbons (Fsp3) is 0.545. The maximum atomic E-state index is 14.2. The van der Waals surface area contributed by atoms with Crippen LogP contribution in [0.25, 0.3) is 10.3 Å². The third-order valence-electron chi connectivity index (χ3n) is 5.09. The van der Waals surface area contributed by atoms with E-state index in [2.05, 4.69) is 39.2 Å². The lowest BCUT2D eigenvalue weighted by Gasteiger charge is -2.19. The Bertz CT molecular complexity index is 1110. The Morgan fingerprint density at radius 1 is 1.20 bits per heavy atom. The van der Waals surface area contributed by atoms with Crippen LogP contribution in [-0.2, 0) is 4.52 Å². The molecule has 3 aromatic rings. The number of fused-ring (bicyclic) bond motifs is 1. The van der Waals surface area contributed by atoms with Gasteiger partial charge < -0.3 is 25.1 Å². The van der Waals surface area contributed by atoms with Crippen LogP contribution in [0.1, 0.15) is 52.0 Å². The molecular weight excluding hydrogens is 510 g/mol. The number of hydrogen-bond donors (Lipinski definition) is 4. The molecule has 13 heteroatoms. The van der Waals surface area contributed by atoms with Crippen molar-refractivity contribution >= 4 is 53.4 Å². The van der Waals surface area contributed by atoms with E-state index in [1.807, 2.05) is 6.92 Å². The number of nitrogens with one attached hydrogen (secondary N) is 2. The molecule has 4 N–H and O–H groups in total. The lowest BCUT2D eigenvalue weighted by Crippen LogP contribution is -2.26. The minimum Gasteiger partial charge on any atom is -0.394 e. The van der Waals surface area contributed by atoms with Crippen molar-refractivity contribution in [2.75, 3.05) is 17.0 Å². The van der Waals surface area contributed by atoms with Crippen LogP contribution in [0.4, 0.5) is 15.3 Å². The number of pyridine rings is 1. The van der Waals surface area contributed by atoms with Crippen molar-refractivity contribution in [2.24, 2.45) is 5.92 Å². The molecule has 0 aromatic carbocycles. The average Bonchev–Trinajstić information content (AvgIpc) is 3.21. The predicted molar refractivity (Wildman–Crippen MR) is 142 cm³/mol. The standard InChI is InChI=1S/C22H32FN6O3PS2/c1-11(2)9-15(10-30)25-19-18-20(28-22(35-18)29-33-32-13(4)12(3)31)27-21(26-19)34-14(5)17-16(23)7-6-8-24-17/h6-8,11-15,30-31,33H,9-10H2,1-5H3,(H2,25,26,27,28,29). The Morgan fingerprint density at radius 3 is 2.63 bits per heavy atom. The third kappa shape index (κ3) is 7.90. The smallest absolute Gasteiger partial charge is 0.192 e. The zero-order chi connectivity index (χ0) is 25.5. The highest BCUT2D eigenvalue weighted by Gasteiger charge is 2.21. The van der Waals surface area contributed by atoms with Crippen LogP contribution in [0.3, 0.4) is 0 Å². The molecule has 0 amide bonds. The van der Waals surface area contributed by atoms with Gasteiger partial charge in [0.05, 0.1) is 35.8 Å². The number of anilines is 2. The minimum atomic E-state index is -0.580. The van der Waals surface area contributed by atoms with E-state index in [0.29, 0.717) is 33.4 Å². The second kappa shape index (κ2) is 13.0. The highest BCUT2D eigenvalue weighted by Crippen LogP contribution is 2.38. The van der Waals surface area contributed by atoms with Crippen molar-refractivity contribution in [1.82, 2.24) is 19.9 Å². The van der Waals surface area contributed by atoms with Gasteiger partial charge in [-0.3, -0.25) is 4.98 Å². The summed E-state index contributed by atoms with van der Waals surface area (Å²) in [6.45, 7) is 9.46. The first kappa shape index (κ1) is 27.9. The Hall–Kier alpha value is -1.69. The van der Waals surface area contributed by atoms with Crippen LogP contribution in [0, 0.1) is 11.7 Å². The number of aromatic nitrogens is 4. The minimum absolute atomic E-state index is 0.0436. The molecule has 0 spiro atoms. The van der Waals surface area contributed by atoms with Crippen LogP contribution < -0.4 is 10.4 Å². The van der Waals surface area contributed by atoms with Gasteiger partial charge in [0, 0.05) is 6.20 Å². The summed E-state index contributed by atoms with van der Waals surface area (Å²) in [4.78, 5) is 18.0. The third-order valence-corrected chi connectivity index (χ3v) is 8.03. The Labute approximate surface area is 214 Å². The fourth-order valence-electron chi connectivity index (χ4n) is 3.13. The van der Waals surface area contributed by atoms with E-state index in [1.54, 1.807) is 26.1 Å². The fourth-order valence-corrected chi connectivity index (χ4v) is 5.63. The number of aliphatic hydroxyl groups excluding tert-OH is 2. The van der Waals surface area contributed by atoms with Crippen LogP contribution in [0.15, 0.2) is 23.5 Å². The van der Waals surface area contributed by atoms with E-state index in [-0.39, 0.29) is 38.8 Å². The van der Waals surface area contributed by atoms with Gasteiger partial charge in [-0.05, 0) is 45.2 Å². The summed E-state index contributed by atoms with van der Waals surface area (Å²) < 4.78 is 20.6. The van der Waals surface area contributed by atoms with Gasteiger partial charge in [-0.1, -0.05) is 36.9 Å². The second-order valence-corrected chi connectivity index (χ2v) is 11.6. The zero-order valence-corrected chi connectivity index (χ0v) is 23.0. The van der Waals surface area contributed by atoms with Crippen LogP contribution >= 0.6 is 32.1 Å². The van der Waals surface area contributed by atoms with Gasteiger partial charge in [0.2, 0.25) is 0 Å². The van der Waals surface area contributed by atoms with E-state index < -0.39 is 6.10 Å². The molecule has 0 fully saturated rings. The molecule has 0 aliphatic heterocycles. The molecule has 3 aromatic heterocycles. The van der Waals surface area contributed by atoms with Gasteiger partial charge in [0.1, 0.15) is 19.5 Å². The maximum Gasteiger partial charge on any atom is 0.192 e. The van der Waals surface area contributed by atoms with Gasteiger partial charge in [0.15, 0.2) is 21.8 Å². The average molecular weight is 543 g/mol. The van der Waals surface area contributed by atoms with E-state index in [4.69, 9.17) is 9.51 Å². The van der Waals surface area contributed by atoms with Crippen molar-refractivity contribution in [2.45, 2.75) is 69.7 Å². The van der Waals surface area contributed by atoms with Gasteiger partial charge in [0.25, 0.3) is 0 Å². The number of hydrogen-bond acceptors (Lipinski definition) is 11. The van der Waals surface area contributed by atoms with Crippen molar-refractivity contribution < 1.29 is 19.1 Å². The maximum absolute atomic E-state index is 14.2. The highest BCUT2D eigenvalue weighted by atomic mass is 32.2. The van der Waals surface area contributed by atoms with Crippen molar-refractivity contribution in [3.8, 4) is 0 Å². The summed E-state index contributed by atoms with van der Waals surface area (Å²) >= 11 is 2.66. The summed E-state index contributed by atoms with van der Waals surface area (Å²) in [5, 5.41) is 26.7. The summed E-state index contributed by atoms with van der Waals surface area (Å²) in [6.07, 6.45) is 1.42. The monoisotopic (exact) mass is 542 g/mol. The first-order valence-corrected chi connectivity index (χ1v) is 14.0. The largest absolute Gasteiger partial charge is 0.394 e. The summed E-state index contributed by atoms with van der Waals surface area (Å²) in [7, 11) is -0.0957. The molecule has 3 heterocycles. The quantitative estimate of drug-likeness (QED) is 0.133. The zero-order valence-electron chi connectivity index (χ0n) is 20.3. The van der Waals surface area contributed by atoms with Crippen LogP contribution in [-0.4, -0.2) is 55.0 Å². The van der Waals surface area contributed by atoms with E-state index >= 15 is 0 Å². The number of halogens is 1. The summed E-state index contributed by atoms with van der Waals surface area (Å²) in [5.41, 5.74) is 0.816. The van der Waals surface area contributed by atoms with Gasteiger partial charge in [-0.25, -0.2) is 14.4 Å². The molecule has 0 radical (unpaired) electrons. The first-order valence-electron chi connectivity index (χ1n) is 11.4. The molecule has 192 valence electrons. The van der Waals surface area contributed by atoms with E-state index in [0.717, 1.165) is 11.1 Å². The predicted octanol–water partition coefficient (Wildman–Crippen LogP) is 5.00. The molecule has 3 rings (SSSR count). The topological polar surface area (TPSA) is 125 Å². The molecule has 0 bridgehead atoms. The molecule has 0 saturated carbocycles. The Kier molecular flexibility index (Phi) is 10.4. The summed E-state index contributed by atoms with van der Waals surface area (Å²) in [5.74, 6) is 0.570. The number of thiazole rings is 1. The highest BCUT2D eigenvalue weighted by molar-refractivity contribution is 7.99. The number of nitrogens with zero attached hydrogens (tertiary/aromatic N) is 4. The molecule has 0 saturated heterocycles. The van der Waals surface area contributed by atoms with E-state index in [1.165, 1.54) is 29.2 Å². The normalized spacial score (nSPS) is 15.6. The molecule has 5 unspecified atom stereocenters. The number of thioether (sulfide) groups is 1. The molecule has 0 aliphatic rings. The van der Waals surface area contributed by atoms with Crippen LogP contribution in [0.5, 0.6) is 0 Å². The Morgan fingerprint density at radius 2 is 1.97 bits per heavy atom. The van der Waals surface area contributed by atoms with Crippen LogP contribution in [0.2, 0.25) is 0 Å². The number of rotatable bonds is 13. The molecule has 5 atom stereocenters. The molecule has 35 heavy (non-hydrogen) atoms. The van der Waals surface area contributed by atoms with Crippen molar-refractivity contribution in [1.29, 1.82) is 0 Å². The molecule has 9 nitrogen and oxygen atoms in total.